The van der Waals surface area contributed by atoms with Crippen LogP contribution in [0.25, 0.3) is 11.0 Å². The normalized spacial score (nSPS) is 22.8. The fraction of sp³-hybridized carbons (Fsp3) is 0.739. The van der Waals surface area contributed by atoms with Crippen molar-refractivity contribution in [1.82, 2.24) is 14.1 Å². The van der Waals surface area contributed by atoms with Gasteiger partial charge in [-0.05, 0) is 55.9 Å². The quantitative estimate of drug-likeness (QED) is 0.720. The van der Waals surface area contributed by atoms with Gasteiger partial charge in [-0.25, -0.2) is 0 Å². The second-order valence-corrected chi connectivity index (χ2v) is 9.02. The highest BCUT2D eigenvalue weighted by Crippen LogP contribution is 2.43. The molecule has 0 N–H and O–H groups in total. The van der Waals surface area contributed by atoms with E-state index in [1.807, 2.05) is 7.05 Å². The molecule has 0 saturated heterocycles. The number of nitrogens with zero attached hydrogens (tertiary/aromatic N) is 4. The third kappa shape index (κ3) is 3.48. The number of hydrogen-bond donors (Lipinski definition) is 0. The van der Waals surface area contributed by atoms with Crippen molar-refractivity contribution in [2.45, 2.75) is 72.6 Å². The number of anilines is 1. The van der Waals surface area contributed by atoms with Gasteiger partial charge < -0.3 is 9.47 Å². The minimum atomic E-state index is 0.113. The molecule has 0 spiro atoms. The van der Waals surface area contributed by atoms with Gasteiger partial charge in [0.15, 0.2) is 0 Å². The predicted octanol–water partition coefficient (Wildman–Crippen LogP) is 4.75. The molecular weight excluding hydrogens is 348 g/mol. The van der Waals surface area contributed by atoms with Crippen LogP contribution in [0.5, 0.6) is 0 Å². The standard InChI is InChI=1S/C23H38N4O/c1-8-12-27(13-9-2)23-24-21-20(22(28)26(23)7)19(17(5)25(21)6)18-11-10-15(3)14-16(18)4/h15-16,18H,8-14H2,1-7H3. The number of rotatable bonds is 6. The molecule has 0 radical (unpaired) electrons. The number of aryl methyl sites for hydroxylation is 1. The summed E-state index contributed by atoms with van der Waals surface area (Å²) in [5.41, 5.74) is 3.44. The van der Waals surface area contributed by atoms with E-state index in [2.05, 4.69) is 51.1 Å². The van der Waals surface area contributed by atoms with Crippen molar-refractivity contribution in [2.75, 3.05) is 18.0 Å². The number of fused-ring (bicyclic) bond motifs is 1. The summed E-state index contributed by atoms with van der Waals surface area (Å²) in [6.45, 7) is 13.1. The van der Waals surface area contributed by atoms with Crippen LogP contribution < -0.4 is 10.5 Å². The summed E-state index contributed by atoms with van der Waals surface area (Å²) in [5, 5.41) is 0.852. The first kappa shape index (κ1) is 20.9. The zero-order valence-electron chi connectivity index (χ0n) is 18.9. The largest absolute Gasteiger partial charge is 0.342 e. The van der Waals surface area contributed by atoms with E-state index in [0.717, 1.165) is 48.8 Å². The van der Waals surface area contributed by atoms with E-state index in [0.29, 0.717) is 11.8 Å². The maximum Gasteiger partial charge on any atom is 0.264 e. The maximum atomic E-state index is 13.5. The summed E-state index contributed by atoms with van der Waals surface area (Å²) < 4.78 is 3.93. The monoisotopic (exact) mass is 386 g/mol. The average molecular weight is 387 g/mol. The van der Waals surface area contributed by atoms with Crippen molar-refractivity contribution in [2.24, 2.45) is 25.9 Å². The number of hydrogen-bond acceptors (Lipinski definition) is 3. The second kappa shape index (κ2) is 8.30. The first-order chi connectivity index (χ1) is 13.3. The van der Waals surface area contributed by atoms with Crippen LogP contribution in [0.4, 0.5) is 5.95 Å². The summed E-state index contributed by atoms with van der Waals surface area (Å²) in [7, 11) is 3.96. The third-order valence-corrected chi connectivity index (χ3v) is 6.80. The Bertz CT molecular complexity index is 888. The zero-order valence-corrected chi connectivity index (χ0v) is 18.9. The molecule has 1 aliphatic carbocycles. The molecule has 1 saturated carbocycles. The zero-order chi connectivity index (χ0) is 20.6. The van der Waals surface area contributed by atoms with Gasteiger partial charge in [-0.3, -0.25) is 9.36 Å². The lowest BCUT2D eigenvalue weighted by atomic mass is 9.72. The van der Waals surface area contributed by atoms with Gasteiger partial charge in [-0.15, -0.1) is 0 Å². The Labute approximate surface area is 169 Å². The average Bonchev–Trinajstić information content (AvgIpc) is 2.89. The molecule has 0 aliphatic heterocycles. The van der Waals surface area contributed by atoms with E-state index in [4.69, 9.17) is 4.98 Å². The summed E-state index contributed by atoms with van der Waals surface area (Å²) in [5.74, 6) is 2.65. The van der Waals surface area contributed by atoms with Crippen LogP contribution >= 0.6 is 0 Å². The molecule has 2 aromatic heterocycles. The van der Waals surface area contributed by atoms with Crippen LogP contribution in [0.3, 0.4) is 0 Å². The Morgan fingerprint density at radius 1 is 1.07 bits per heavy atom. The molecule has 1 fully saturated rings. The molecule has 2 heterocycles. The van der Waals surface area contributed by atoms with E-state index in [9.17, 15) is 4.79 Å². The molecule has 5 nitrogen and oxygen atoms in total. The van der Waals surface area contributed by atoms with Crippen molar-refractivity contribution in [3.63, 3.8) is 0 Å². The van der Waals surface area contributed by atoms with Crippen LogP contribution in [-0.2, 0) is 14.1 Å². The predicted molar refractivity (Wildman–Crippen MR) is 118 cm³/mol. The van der Waals surface area contributed by atoms with Gasteiger partial charge in [0.05, 0.1) is 5.39 Å². The first-order valence-corrected chi connectivity index (χ1v) is 11.1. The van der Waals surface area contributed by atoms with Crippen LogP contribution in [0.2, 0.25) is 0 Å². The number of aromatic nitrogens is 3. The van der Waals surface area contributed by atoms with Gasteiger partial charge in [-0.1, -0.05) is 34.1 Å². The second-order valence-electron chi connectivity index (χ2n) is 9.02. The van der Waals surface area contributed by atoms with E-state index in [1.54, 1.807) is 4.57 Å². The Hall–Kier alpha value is -1.78. The van der Waals surface area contributed by atoms with Crippen LogP contribution in [0, 0.1) is 18.8 Å². The Morgan fingerprint density at radius 2 is 1.71 bits per heavy atom. The smallest absolute Gasteiger partial charge is 0.264 e. The van der Waals surface area contributed by atoms with Gasteiger partial charge in [-0.2, -0.15) is 4.98 Å². The van der Waals surface area contributed by atoms with Crippen molar-refractivity contribution in [3.8, 4) is 0 Å². The molecule has 3 rings (SSSR count). The Balaban J connectivity index is 2.20. The maximum absolute atomic E-state index is 13.5. The van der Waals surface area contributed by atoms with E-state index in [1.165, 1.54) is 30.5 Å². The fourth-order valence-corrected chi connectivity index (χ4v) is 5.26. The van der Waals surface area contributed by atoms with E-state index in [-0.39, 0.29) is 5.56 Å². The van der Waals surface area contributed by atoms with Crippen molar-refractivity contribution < 1.29 is 0 Å². The highest BCUT2D eigenvalue weighted by Gasteiger charge is 2.32. The summed E-state index contributed by atoms with van der Waals surface area (Å²) in [4.78, 5) is 20.8. The summed E-state index contributed by atoms with van der Waals surface area (Å²) >= 11 is 0. The molecule has 3 atom stereocenters. The third-order valence-electron chi connectivity index (χ3n) is 6.80. The molecular formula is C23H38N4O. The van der Waals surface area contributed by atoms with Crippen molar-refractivity contribution in [3.05, 3.63) is 21.6 Å². The minimum absolute atomic E-state index is 0.113. The summed E-state index contributed by atoms with van der Waals surface area (Å²) in [6.07, 6.45) is 5.75. The molecule has 0 aromatic carbocycles. The lowest BCUT2D eigenvalue weighted by Gasteiger charge is -2.33. The lowest BCUT2D eigenvalue weighted by Crippen LogP contribution is -2.33. The van der Waals surface area contributed by atoms with Gasteiger partial charge >= 0.3 is 0 Å². The molecule has 5 heteroatoms. The molecule has 0 amide bonds. The minimum Gasteiger partial charge on any atom is -0.342 e. The molecule has 1 aliphatic rings. The first-order valence-electron chi connectivity index (χ1n) is 11.1. The Morgan fingerprint density at radius 3 is 2.29 bits per heavy atom. The lowest BCUT2D eigenvalue weighted by molar-refractivity contribution is 0.262. The van der Waals surface area contributed by atoms with Gasteiger partial charge in [0.25, 0.3) is 5.56 Å². The van der Waals surface area contributed by atoms with Gasteiger partial charge in [0.2, 0.25) is 5.95 Å². The van der Waals surface area contributed by atoms with Gasteiger partial charge in [0.1, 0.15) is 5.65 Å². The van der Waals surface area contributed by atoms with Gasteiger partial charge in [0, 0.05) is 32.9 Å². The SMILES string of the molecule is CCCN(CCC)c1nc2c(c(C3CCC(C)CC3C)c(C)n2C)c(=O)n1C. The molecule has 28 heavy (non-hydrogen) atoms. The molecule has 2 aromatic rings. The fourth-order valence-electron chi connectivity index (χ4n) is 5.26. The highest BCUT2D eigenvalue weighted by atomic mass is 16.1. The molecule has 0 bridgehead atoms. The van der Waals surface area contributed by atoms with Crippen LogP contribution in [0.15, 0.2) is 4.79 Å². The van der Waals surface area contributed by atoms with Crippen molar-refractivity contribution >= 4 is 17.0 Å². The van der Waals surface area contributed by atoms with E-state index >= 15 is 0 Å². The summed E-state index contributed by atoms with van der Waals surface area (Å²) in [6, 6.07) is 0. The topological polar surface area (TPSA) is 43.1 Å². The Kier molecular flexibility index (Phi) is 6.21. The van der Waals surface area contributed by atoms with Crippen LogP contribution in [0.1, 0.15) is 77.0 Å². The van der Waals surface area contributed by atoms with Crippen LogP contribution in [-0.4, -0.2) is 27.2 Å². The van der Waals surface area contributed by atoms with E-state index < -0.39 is 0 Å². The van der Waals surface area contributed by atoms with Crippen molar-refractivity contribution in [1.29, 1.82) is 0 Å². The molecule has 3 unspecified atom stereocenters. The molecule has 156 valence electrons. The highest BCUT2D eigenvalue weighted by molar-refractivity contribution is 5.83.